The van der Waals surface area contributed by atoms with Crippen molar-refractivity contribution in [3.63, 3.8) is 0 Å². The number of hydrogen-bond acceptors (Lipinski definition) is 21. The molecule has 4 N–H and O–H groups in total. The molecule has 2 aliphatic rings. The van der Waals surface area contributed by atoms with Gasteiger partial charge in [-0.3, -0.25) is 9.59 Å². The van der Waals surface area contributed by atoms with E-state index in [9.17, 15) is 27.7 Å². The molecule has 1 amide bonds. The number of aromatic nitrogens is 7. The number of nitrogens with one attached hydrogen (secondary N) is 2. The second-order valence-corrected chi connectivity index (χ2v) is 19.3. The Bertz CT molecular complexity index is 2270. The van der Waals surface area contributed by atoms with Crippen molar-refractivity contribution in [1.82, 2.24) is 40.1 Å². The summed E-state index contributed by atoms with van der Waals surface area (Å²) in [5, 5.41) is 19.8. The molecule has 6 rings (SSSR count). The van der Waals surface area contributed by atoms with Gasteiger partial charge in [0, 0.05) is 39.4 Å². The standard InChI is InChI=1S/C44H63ClF3N9O15P2/c45-44-52-41(35-25-50-57(42(35)53-44)38-2-1-34(71-38)28-70-74(61)29-73-60)51-32-21-30(22-32)43(59)49-4-7-63-10-13-66-17-18-68-19-20-69-27-33-26-56(55-54-33)5-8-64-11-14-67-16-15-65-12-9-62-6-3-39(58)72-40-36(47)23-31(46)24-37(40)48/h23-26,30,32,34,38,60-61,73H,1-22,27-29H2,(H,49,59)(H,51,52,53). The molecule has 24 nitrogen and oxygen atoms in total. The van der Waals surface area contributed by atoms with Crippen LogP contribution in [-0.4, -0.2) is 187 Å². The van der Waals surface area contributed by atoms with E-state index in [2.05, 4.69) is 40.7 Å². The molecule has 4 atom stereocenters. The number of benzene rings is 1. The highest BCUT2D eigenvalue weighted by atomic mass is 35.5. The average molecular weight is 1110 g/mol. The van der Waals surface area contributed by atoms with Crippen LogP contribution in [0.15, 0.2) is 24.5 Å². The number of anilines is 1. The maximum atomic E-state index is 13.6. The Morgan fingerprint density at radius 1 is 0.838 bits per heavy atom. The molecule has 2 fully saturated rings. The van der Waals surface area contributed by atoms with Crippen molar-refractivity contribution < 1.29 is 84.4 Å². The first-order chi connectivity index (χ1) is 36.1. The van der Waals surface area contributed by atoms with Gasteiger partial charge in [0.2, 0.25) is 16.9 Å². The minimum absolute atomic E-state index is 0.0233. The summed E-state index contributed by atoms with van der Waals surface area (Å²) in [6.45, 7) is 6.27. The first kappa shape index (κ1) is 59.4. The van der Waals surface area contributed by atoms with Crippen LogP contribution < -0.4 is 15.4 Å². The monoisotopic (exact) mass is 1110 g/mol. The van der Waals surface area contributed by atoms with Crippen molar-refractivity contribution in [2.45, 2.75) is 63.6 Å². The minimum atomic E-state index is -1.67. The lowest BCUT2D eigenvalue weighted by Gasteiger charge is -2.35. The number of nitrogens with zero attached hydrogens (tertiary/aromatic N) is 7. The van der Waals surface area contributed by atoms with E-state index >= 15 is 0 Å². The third-order valence-corrected chi connectivity index (χ3v) is 13.2. The maximum absolute atomic E-state index is 13.6. The Hall–Kier alpha value is -3.89. The van der Waals surface area contributed by atoms with E-state index < -0.39 is 37.5 Å². The van der Waals surface area contributed by atoms with E-state index in [1.165, 1.54) is 0 Å². The van der Waals surface area contributed by atoms with E-state index in [0.717, 1.165) is 0 Å². The Morgan fingerprint density at radius 3 is 2.12 bits per heavy atom. The predicted octanol–water partition coefficient (Wildman–Crippen LogP) is 3.67. The quantitative estimate of drug-likeness (QED) is 0.0163. The molecule has 1 saturated carbocycles. The molecule has 412 valence electrons. The van der Waals surface area contributed by atoms with Gasteiger partial charge < -0.3 is 72.3 Å². The summed E-state index contributed by atoms with van der Waals surface area (Å²) in [7, 11) is -2.04. The lowest BCUT2D eigenvalue weighted by molar-refractivity contribution is -0.136. The molecule has 1 aromatic carbocycles. The highest BCUT2D eigenvalue weighted by molar-refractivity contribution is 7.58. The molecule has 4 heterocycles. The summed E-state index contributed by atoms with van der Waals surface area (Å²) in [6.07, 6.45) is 5.23. The predicted molar refractivity (Wildman–Crippen MR) is 259 cm³/mol. The fraction of sp³-hybridized carbons (Fsp3) is 0.659. The van der Waals surface area contributed by atoms with Crippen LogP contribution in [0, 0.1) is 23.4 Å². The zero-order valence-corrected chi connectivity index (χ0v) is 43.2. The van der Waals surface area contributed by atoms with E-state index in [-0.39, 0.29) is 89.6 Å². The molecule has 30 heteroatoms. The van der Waals surface area contributed by atoms with Gasteiger partial charge in [-0.2, -0.15) is 15.1 Å². The summed E-state index contributed by atoms with van der Waals surface area (Å²) in [5.41, 5.74) is 1.20. The van der Waals surface area contributed by atoms with Gasteiger partial charge in [-0.05, 0) is 37.3 Å². The van der Waals surface area contributed by atoms with Crippen molar-refractivity contribution in [2.24, 2.45) is 5.92 Å². The molecular formula is C44H63ClF3N9O15P2. The van der Waals surface area contributed by atoms with E-state index in [4.69, 9.17) is 63.6 Å². The minimum Gasteiger partial charge on any atom is -0.420 e. The van der Waals surface area contributed by atoms with Gasteiger partial charge in [0.25, 0.3) is 0 Å². The average Bonchev–Trinajstić information content (AvgIpc) is 4.14. The van der Waals surface area contributed by atoms with Crippen LogP contribution in [-0.2, 0) is 69.9 Å². The molecule has 0 bridgehead atoms. The number of halogens is 4. The summed E-state index contributed by atoms with van der Waals surface area (Å²) in [5.74, 6) is -5.02. The molecule has 4 aromatic rings. The lowest BCUT2D eigenvalue weighted by atomic mass is 9.79. The Kier molecular flexibility index (Phi) is 26.7. The first-order valence-corrected chi connectivity index (χ1v) is 26.9. The van der Waals surface area contributed by atoms with Gasteiger partial charge >= 0.3 is 5.97 Å². The van der Waals surface area contributed by atoms with Gasteiger partial charge in [0.15, 0.2) is 31.9 Å². The third-order valence-electron chi connectivity index (χ3n) is 11.0. The van der Waals surface area contributed by atoms with Crippen molar-refractivity contribution in [3.05, 3.63) is 53.0 Å². The van der Waals surface area contributed by atoms with E-state index in [0.29, 0.717) is 153 Å². The van der Waals surface area contributed by atoms with Crippen molar-refractivity contribution >= 4 is 57.5 Å². The molecule has 1 aliphatic carbocycles. The smallest absolute Gasteiger partial charge is 0.313 e. The molecule has 74 heavy (non-hydrogen) atoms. The molecule has 0 spiro atoms. The van der Waals surface area contributed by atoms with Crippen LogP contribution in [0.1, 0.15) is 44.0 Å². The van der Waals surface area contributed by atoms with Crippen molar-refractivity contribution in [3.8, 4) is 5.75 Å². The van der Waals surface area contributed by atoms with Gasteiger partial charge in [-0.1, -0.05) is 5.21 Å². The number of carbonyl (C=O) groups excluding carboxylic acids is 2. The molecule has 3 aromatic heterocycles. The Labute approximate surface area is 432 Å². The molecule has 1 saturated heterocycles. The topological polar surface area (TPSA) is 274 Å². The van der Waals surface area contributed by atoms with Crippen molar-refractivity contribution in [2.75, 3.05) is 123 Å². The van der Waals surface area contributed by atoms with Gasteiger partial charge in [-0.15, -0.1) is 5.10 Å². The number of carbonyl (C=O) groups is 2. The number of fused-ring (bicyclic) bond motifs is 1. The molecular weight excluding hydrogens is 1050 g/mol. The fourth-order valence-corrected chi connectivity index (χ4v) is 8.59. The Morgan fingerprint density at radius 2 is 1.46 bits per heavy atom. The van der Waals surface area contributed by atoms with Gasteiger partial charge in [-0.25, -0.2) is 22.5 Å². The number of amides is 1. The van der Waals surface area contributed by atoms with Crippen molar-refractivity contribution in [1.29, 1.82) is 0 Å². The Balaban J connectivity index is 0.667. The zero-order chi connectivity index (χ0) is 52.3. The van der Waals surface area contributed by atoms with Crippen LogP contribution in [0.5, 0.6) is 5.75 Å². The van der Waals surface area contributed by atoms with Crippen LogP contribution in [0.25, 0.3) is 11.0 Å². The van der Waals surface area contributed by atoms with E-state index in [1.807, 2.05) is 0 Å². The lowest BCUT2D eigenvalue weighted by Crippen LogP contribution is -2.45. The highest BCUT2D eigenvalue weighted by Crippen LogP contribution is 2.39. The number of ether oxygens (including phenoxy) is 10. The highest BCUT2D eigenvalue weighted by Gasteiger charge is 2.36. The molecule has 1 aliphatic heterocycles. The van der Waals surface area contributed by atoms with Crippen LogP contribution in [0.3, 0.4) is 0 Å². The van der Waals surface area contributed by atoms with Gasteiger partial charge in [0.05, 0.1) is 155 Å². The summed E-state index contributed by atoms with van der Waals surface area (Å²) in [4.78, 5) is 52.1. The molecule has 4 unspecified atom stereocenters. The van der Waals surface area contributed by atoms with E-state index in [1.54, 1.807) is 21.8 Å². The first-order valence-electron chi connectivity index (χ1n) is 24.0. The van der Waals surface area contributed by atoms with Crippen LogP contribution in [0.4, 0.5) is 19.0 Å². The number of rotatable bonds is 39. The number of esters is 1. The third kappa shape index (κ3) is 20.9. The SMILES string of the molecule is O=C(CCOCCOCCOCCOCCn1cc(COCCOCCOCCOCCNC(=O)C2CC(Nc3nc(Cl)nc4c3cnn4C3CCC(COP(O)CPO)O3)C2)nn1)Oc1c(F)cc(F)cc1F. The van der Waals surface area contributed by atoms with Gasteiger partial charge in [0.1, 0.15) is 17.3 Å². The van der Waals surface area contributed by atoms with Crippen LogP contribution >= 0.6 is 28.8 Å². The maximum Gasteiger partial charge on any atom is 0.313 e. The second kappa shape index (κ2) is 33.3. The summed E-state index contributed by atoms with van der Waals surface area (Å²) in [6, 6.07) is 0.863. The number of hydrogen-bond donors (Lipinski definition) is 4. The largest absolute Gasteiger partial charge is 0.420 e. The normalized spacial score (nSPS) is 18.1. The summed E-state index contributed by atoms with van der Waals surface area (Å²) >= 11 is 6.31. The fourth-order valence-electron chi connectivity index (χ4n) is 7.24. The zero-order valence-electron chi connectivity index (χ0n) is 40.6. The van der Waals surface area contributed by atoms with Crippen LogP contribution in [0.2, 0.25) is 5.28 Å². The summed E-state index contributed by atoms with van der Waals surface area (Å²) < 4.78 is 104. The second-order valence-electron chi connectivity index (χ2n) is 16.5. The molecule has 0 radical (unpaired) electrons.